The lowest BCUT2D eigenvalue weighted by Crippen LogP contribution is -2.02. The summed E-state index contributed by atoms with van der Waals surface area (Å²) in [5.41, 5.74) is 2.75. The fourth-order valence-electron chi connectivity index (χ4n) is 4.56. The van der Waals surface area contributed by atoms with Crippen molar-refractivity contribution in [2.75, 3.05) is 13.2 Å². The molecule has 4 nitrogen and oxygen atoms in total. The number of carbonyl (C=O) groups is 2. The topological polar surface area (TPSA) is 52.6 Å². The van der Waals surface area contributed by atoms with E-state index in [-0.39, 0.29) is 11.6 Å². The van der Waals surface area contributed by atoms with Gasteiger partial charge in [-0.25, -0.2) is 0 Å². The van der Waals surface area contributed by atoms with Crippen molar-refractivity contribution in [3.05, 3.63) is 131 Å². The third kappa shape index (κ3) is 9.23. The first-order valence-electron chi connectivity index (χ1n) is 14.4. The zero-order valence-corrected chi connectivity index (χ0v) is 23.1. The monoisotopic (exact) mass is 534 g/mol. The molecule has 0 aliphatic carbocycles. The van der Waals surface area contributed by atoms with Crippen molar-refractivity contribution < 1.29 is 19.1 Å². The average molecular weight is 535 g/mol. The Morgan fingerprint density at radius 2 is 0.675 bits per heavy atom. The smallest absolute Gasteiger partial charge is 0.193 e. The zero-order valence-electron chi connectivity index (χ0n) is 23.1. The maximum atomic E-state index is 12.5. The van der Waals surface area contributed by atoms with Crippen LogP contribution in [-0.2, 0) is 0 Å². The third-order valence-electron chi connectivity index (χ3n) is 6.88. The van der Waals surface area contributed by atoms with Crippen LogP contribution < -0.4 is 9.47 Å². The Morgan fingerprint density at radius 1 is 0.375 bits per heavy atom. The van der Waals surface area contributed by atoms with E-state index in [2.05, 4.69) is 0 Å². The van der Waals surface area contributed by atoms with Crippen molar-refractivity contribution >= 4 is 11.6 Å². The summed E-state index contributed by atoms with van der Waals surface area (Å²) in [6.45, 7) is 1.40. The maximum absolute atomic E-state index is 12.5. The van der Waals surface area contributed by atoms with Crippen LogP contribution in [0.15, 0.2) is 109 Å². The number of ketones is 2. The first-order valence-corrected chi connectivity index (χ1v) is 14.4. The SMILES string of the molecule is O=C(c1ccccc1)c1ccc(OCCCCCCCCCCOc2ccc(C(=O)c3ccccc3)cc2)cc1. The minimum absolute atomic E-state index is 0.0304. The second-order valence-electron chi connectivity index (χ2n) is 9.96. The van der Waals surface area contributed by atoms with Crippen molar-refractivity contribution in [3.63, 3.8) is 0 Å². The molecule has 0 fully saturated rings. The Kier molecular flexibility index (Phi) is 11.6. The summed E-state index contributed by atoms with van der Waals surface area (Å²) in [7, 11) is 0. The minimum Gasteiger partial charge on any atom is -0.494 e. The molecule has 0 aliphatic rings. The van der Waals surface area contributed by atoms with E-state index in [4.69, 9.17) is 9.47 Å². The number of benzene rings is 4. The summed E-state index contributed by atoms with van der Waals surface area (Å²) in [6, 6.07) is 33.5. The highest BCUT2D eigenvalue weighted by atomic mass is 16.5. The molecule has 0 saturated carbocycles. The number of unbranched alkanes of at least 4 members (excludes halogenated alkanes) is 7. The number of carbonyl (C=O) groups excluding carboxylic acids is 2. The number of rotatable bonds is 17. The van der Waals surface area contributed by atoms with Crippen molar-refractivity contribution in [1.82, 2.24) is 0 Å². The van der Waals surface area contributed by atoms with Crippen LogP contribution in [0.1, 0.15) is 83.2 Å². The predicted molar refractivity (Wildman–Crippen MR) is 161 cm³/mol. The van der Waals surface area contributed by atoms with Crippen LogP contribution in [0.2, 0.25) is 0 Å². The molecule has 0 amide bonds. The molecule has 0 unspecified atom stereocenters. The van der Waals surface area contributed by atoms with E-state index in [1.54, 1.807) is 0 Å². The van der Waals surface area contributed by atoms with Crippen molar-refractivity contribution in [2.45, 2.75) is 51.4 Å². The van der Waals surface area contributed by atoms with E-state index >= 15 is 0 Å². The molecule has 206 valence electrons. The van der Waals surface area contributed by atoms with Gasteiger partial charge >= 0.3 is 0 Å². The Balaban J connectivity index is 0.986. The standard InChI is InChI=1S/C36H38O4/c37-35(29-15-9-7-10-16-29)31-19-23-33(24-20-31)39-27-13-5-3-1-2-4-6-14-28-40-34-25-21-32(22-26-34)36(38)30-17-11-8-12-18-30/h7-12,15-26H,1-6,13-14,27-28H2. The van der Waals surface area contributed by atoms with Crippen LogP contribution in [0.5, 0.6) is 11.5 Å². The van der Waals surface area contributed by atoms with Crippen LogP contribution in [0, 0.1) is 0 Å². The molecule has 0 bridgehead atoms. The van der Waals surface area contributed by atoms with Crippen LogP contribution in [0.3, 0.4) is 0 Å². The summed E-state index contributed by atoms with van der Waals surface area (Å²) >= 11 is 0. The molecule has 0 radical (unpaired) electrons. The highest BCUT2D eigenvalue weighted by molar-refractivity contribution is 6.09. The van der Waals surface area contributed by atoms with Crippen LogP contribution >= 0.6 is 0 Å². The molecule has 4 heteroatoms. The predicted octanol–water partition coefficient (Wildman–Crippen LogP) is 8.73. The first kappa shape index (κ1) is 28.8. The highest BCUT2D eigenvalue weighted by Crippen LogP contribution is 2.18. The zero-order chi connectivity index (χ0) is 27.8. The minimum atomic E-state index is 0.0304. The fraction of sp³-hybridized carbons (Fsp3) is 0.278. The Bertz CT molecular complexity index is 1190. The molecule has 0 spiro atoms. The van der Waals surface area contributed by atoms with Gasteiger partial charge in [0.1, 0.15) is 11.5 Å². The molecule has 0 aromatic heterocycles. The number of ether oxygens (including phenoxy) is 2. The number of hydrogen-bond donors (Lipinski definition) is 0. The molecule has 0 heterocycles. The van der Waals surface area contributed by atoms with Gasteiger partial charge in [0.2, 0.25) is 0 Å². The van der Waals surface area contributed by atoms with Gasteiger partial charge in [-0.1, -0.05) is 99.2 Å². The maximum Gasteiger partial charge on any atom is 0.193 e. The Labute approximate surface area is 238 Å². The molecule has 0 saturated heterocycles. The molecule has 4 aromatic rings. The van der Waals surface area contributed by atoms with Crippen LogP contribution in [0.25, 0.3) is 0 Å². The molecule has 0 aliphatic heterocycles. The lowest BCUT2D eigenvalue weighted by atomic mass is 10.0. The van der Waals surface area contributed by atoms with Gasteiger partial charge in [-0.05, 0) is 61.4 Å². The second kappa shape index (κ2) is 16.0. The van der Waals surface area contributed by atoms with Crippen molar-refractivity contribution in [3.8, 4) is 11.5 Å². The van der Waals surface area contributed by atoms with Gasteiger partial charge in [0, 0.05) is 22.3 Å². The normalized spacial score (nSPS) is 10.7. The van der Waals surface area contributed by atoms with E-state index in [0.29, 0.717) is 35.5 Å². The van der Waals surface area contributed by atoms with Gasteiger partial charge in [-0.15, -0.1) is 0 Å². The summed E-state index contributed by atoms with van der Waals surface area (Å²) in [6.07, 6.45) is 9.33. The van der Waals surface area contributed by atoms with Gasteiger partial charge in [0.15, 0.2) is 11.6 Å². The van der Waals surface area contributed by atoms with Gasteiger partial charge in [0.05, 0.1) is 13.2 Å². The molecule has 40 heavy (non-hydrogen) atoms. The molecule has 0 N–H and O–H groups in total. The fourth-order valence-corrected chi connectivity index (χ4v) is 4.56. The van der Waals surface area contributed by atoms with Crippen LogP contribution in [0.4, 0.5) is 0 Å². The van der Waals surface area contributed by atoms with E-state index < -0.39 is 0 Å². The summed E-state index contributed by atoms with van der Waals surface area (Å²) in [5.74, 6) is 1.68. The summed E-state index contributed by atoms with van der Waals surface area (Å²) in [5, 5.41) is 0. The van der Waals surface area contributed by atoms with E-state index in [1.165, 1.54) is 25.7 Å². The molecule has 4 aromatic carbocycles. The summed E-state index contributed by atoms with van der Waals surface area (Å²) < 4.78 is 11.7. The molecular weight excluding hydrogens is 496 g/mol. The third-order valence-corrected chi connectivity index (χ3v) is 6.88. The number of hydrogen-bond acceptors (Lipinski definition) is 4. The molecule has 4 rings (SSSR count). The lowest BCUT2D eigenvalue weighted by molar-refractivity contribution is 0.103. The molecule has 0 atom stereocenters. The van der Waals surface area contributed by atoms with Gasteiger partial charge < -0.3 is 9.47 Å². The summed E-state index contributed by atoms with van der Waals surface area (Å²) in [4.78, 5) is 25.0. The quantitative estimate of drug-likeness (QED) is 0.100. The Hall–Kier alpha value is -4.18. The van der Waals surface area contributed by atoms with E-state index in [0.717, 1.165) is 37.2 Å². The highest BCUT2D eigenvalue weighted by Gasteiger charge is 2.09. The molecular formula is C36H38O4. The van der Waals surface area contributed by atoms with E-state index in [9.17, 15) is 9.59 Å². The Morgan fingerprint density at radius 3 is 1.02 bits per heavy atom. The lowest BCUT2D eigenvalue weighted by Gasteiger charge is -2.08. The largest absolute Gasteiger partial charge is 0.494 e. The second-order valence-corrected chi connectivity index (χ2v) is 9.96. The van der Waals surface area contributed by atoms with Gasteiger partial charge in [-0.3, -0.25) is 9.59 Å². The van der Waals surface area contributed by atoms with Crippen molar-refractivity contribution in [1.29, 1.82) is 0 Å². The van der Waals surface area contributed by atoms with Gasteiger partial charge in [-0.2, -0.15) is 0 Å². The van der Waals surface area contributed by atoms with E-state index in [1.807, 2.05) is 109 Å². The average Bonchev–Trinajstić information content (AvgIpc) is 3.02. The van der Waals surface area contributed by atoms with Crippen LogP contribution in [-0.4, -0.2) is 24.8 Å². The first-order chi connectivity index (χ1) is 19.7. The van der Waals surface area contributed by atoms with Gasteiger partial charge in [0.25, 0.3) is 0 Å². The van der Waals surface area contributed by atoms with Crippen molar-refractivity contribution in [2.24, 2.45) is 0 Å².